The summed E-state index contributed by atoms with van der Waals surface area (Å²) in [5.41, 5.74) is 4.27. The topological polar surface area (TPSA) is 56.1 Å². The van der Waals surface area contributed by atoms with Crippen molar-refractivity contribution in [2.75, 3.05) is 19.0 Å². The lowest BCUT2D eigenvalue weighted by Gasteiger charge is -2.09. The van der Waals surface area contributed by atoms with Crippen LogP contribution < -0.4 is 15.6 Å². The van der Waals surface area contributed by atoms with Gasteiger partial charge in [0.1, 0.15) is 5.75 Å². The largest absolute Gasteiger partial charge is 0.494 e. The second kappa shape index (κ2) is 8.54. The monoisotopic (exact) mass is 363 g/mol. The predicted octanol–water partition coefficient (Wildman–Crippen LogP) is 3.67. The van der Waals surface area contributed by atoms with Gasteiger partial charge in [-0.1, -0.05) is 36.4 Å². The number of benzene rings is 2. The van der Waals surface area contributed by atoms with Crippen LogP contribution in [0.5, 0.6) is 5.75 Å². The second-order valence-corrected chi connectivity index (χ2v) is 6.38. The number of aromatic nitrogens is 2. The number of hydrogen-bond acceptors (Lipinski definition) is 4. The smallest absolute Gasteiger partial charge is 0.254 e. The molecule has 1 heterocycles. The van der Waals surface area contributed by atoms with Crippen LogP contribution >= 0.6 is 0 Å². The van der Waals surface area contributed by atoms with Gasteiger partial charge in [0.15, 0.2) is 0 Å². The average molecular weight is 363 g/mol. The Kier molecular flexibility index (Phi) is 5.91. The minimum absolute atomic E-state index is 0.0473. The molecule has 0 saturated carbocycles. The van der Waals surface area contributed by atoms with Gasteiger partial charge in [0.2, 0.25) is 5.95 Å². The fourth-order valence-corrected chi connectivity index (χ4v) is 3.01. The summed E-state index contributed by atoms with van der Waals surface area (Å²) in [6.07, 6.45) is 1.56. The van der Waals surface area contributed by atoms with E-state index in [2.05, 4.69) is 46.7 Å². The van der Waals surface area contributed by atoms with Crippen LogP contribution in [0.1, 0.15) is 18.2 Å². The summed E-state index contributed by atoms with van der Waals surface area (Å²) in [5, 5.41) is 2.96. The van der Waals surface area contributed by atoms with E-state index >= 15 is 0 Å². The second-order valence-electron chi connectivity index (χ2n) is 6.38. The lowest BCUT2D eigenvalue weighted by atomic mass is 10.0. The summed E-state index contributed by atoms with van der Waals surface area (Å²) in [6, 6.07) is 18.2. The standard InChI is InChI=1S/C22H25N3O2/c1-4-27-20-7-5-6-18(14-20)17-11-8-16(9-12-17)10-13-19-15-21(26)25(3)22(23-2)24-19/h5-9,11-12,14-15H,4,10,13H2,1-3H3,(H,23,24). The van der Waals surface area contributed by atoms with Crippen LogP contribution in [0, 0.1) is 0 Å². The molecule has 0 atom stereocenters. The number of anilines is 1. The molecule has 1 N–H and O–H groups in total. The minimum atomic E-state index is -0.0473. The number of aryl methyl sites for hydroxylation is 2. The van der Waals surface area contributed by atoms with Crippen molar-refractivity contribution in [2.45, 2.75) is 19.8 Å². The van der Waals surface area contributed by atoms with E-state index < -0.39 is 0 Å². The molecule has 0 saturated heterocycles. The van der Waals surface area contributed by atoms with E-state index in [9.17, 15) is 4.79 Å². The molecule has 3 aromatic rings. The van der Waals surface area contributed by atoms with Gasteiger partial charge in [-0.2, -0.15) is 0 Å². The molecule has 0 radical (unpaired) electrons. The molecule has 0 fully saturated rings. The van der Waals surface area contributed by atoms with Crippen molar-refractivity contribution in [1.29, 1.82) is 0 Å². The molecule has 0 aliphatic carbocycles. The van der Waals surface area contributed by atoms with Gasteiger partial charge >= 0.3 is 0 Å². The van der Waals surface area contributed by atoms with Crippen molar-refractivity contribution in [2.24, 2.45) is 7.05 Å². The summed E-state index contributed by atoms with van der Waals surface area (Å²) in [7, 11) is 3.48. The van der Waals surface area contributed by atoms with E-state index in [1.54, 1.807) is 20.2 Å². The third-order valence-electron chi connectivity index (χ3n) is 4.51. The average Bonchev–Trinajstić information content (AvgIpc) is 2.69. The fourth-order valence-electron chi connectivity index (χ4n) is 3.01. The lowest BCUT2D eigenvalue weighted by Crippen LogP contribution is -2.21. The lowest BCUT2D eigenvalue weighted by molar-refractivity contribution is 0.340. The van der Waals surface area contributed by atoms with E-state index in [0.29, 0.717) is 12.6 Å². The molecule has 0 unspecified atom stereocenters. The van der Waals surface area contributed by atoms with E-state index in [1.807, 2.05) is 19.1 Å². The molecular weight excluding hydrogens is 338 g/mol. The summed E-state index contributed by atoms with van der Waals surface area (Å²) < 4.78 is 7.09. The van der Waals surface area contributed by atoms with Gasteiger partial charge in [-0.3, -0.25) is 9.36 Å². The maximum Gasteiger partial charge on any atom is 0.254 e. The van der Waals surface area contributed by atoms with Gasteiger partial charge in [0, 0.05) is 20.2 Å². The normalized spacial score (nSPS) is 10.6. The highest BCUT2D eigenvalue weighted by Crippen LogP contribution is 2.24. The first-order chi connectivity index (χ1) is 13.1. The van der Waals surface area contributed by atoms with Gasteiger partial charge in [-0.05, 0) is 48.6 Å². The molecule has 27 heavy (non-hydrogen) atoms. The molecule has 0 amide bonds. The fraction of sp³-hybridized carbons (Fsp3) is 0.273. The van der Waals surface area contributed by atoms with Crippen LogP contribution in [-0.2, 0) is 19.9 Å². The third-order valence-corrected chi connectivity index (χ3v) is 4.51. The maximum absolute atomic E-state index is 12.0. The molecule has 0 spiro atoms. The Labute approximate surface area is 159 Å². The Balaban J connectivity index is 1.70. The van der Waals surface area contributed by atoms with Crippen molar-refractivity contribution in [3.63, 3.8) is 0 Å². The first kappa shape index (κ1) is 18.7. The number of ether oxygens (including phenoxy) is 1. The van der Waals surface area contributed by atoms with Gasteiger partial charge in [0.25, 0.3) is 5.56 Å². The van der Waals surface area contributed by atoms with Crippen LogP contribution in [0.15, 0.2) is 59.4 Å². The van der Waals surface area contributed by atoms with Crippen molar-refractivity contribution in [3.8, 4) is 16.9 Å². The zero-order chi connectivity index (χ0) is 19.2. The van der Waals surface area contributed by atoms with Crippen LogP contribution in [0.2, 0.25) is 0 Å². The van der Waals surface area contributed by atoms with E-state index in [0.717, 1.165) is 35.4 Å². The molecule has 3 rings (SSSR count). The van der Waals surface area contributed by atoms with Crippen molar-refractivity contribution >= 4 is 5.95 Å². The Hall–Kier alpha value is -3.08. The Morgan fingerprint density at radius 2 is 1.81 bits per heavy atom. The van der Waals surface area contributed by atoms with E-state index in [4.69, 9.17) is 4.74 Å². The molecule has 5 nitrogen and oxygen atoms in total. The van der Waals surface area contributed by atoms with E-state index in [-0.39, 0.29) is 5.56 Å². The highest BCUT2D eigenvalue weighted by molar-refractivity contribution is 5.65. The summed E-state index contributed by atoms with van der Waals surface area (Å²) in [5.74, 6) is 1.47. The van der Waals surface area contributed by atoms with Crippen LogP contribution in [0.25, 0.3) is 11.1 Å². The Morgan fingerprint density at radius 3 is 2.52 bits per heavy atom. The molecule has 0 bridgehead atoms. The molecule has 5 heteroatoms. The summed E-state index contributed by atoms with van der Waals surface area (Å²) in [6.45, 7) is 2.65. The molecule has 140 valence electrons. The minimum Gasteiger partial charge on any atom is -0.494 e. The number of hydrogen-bond donors (Lipinski definition) is 1. The van der Waals surface area contributed by atoms with Crippen molar-refractivity contribution in [1.82, 2.24) is 9.55 Å². The molecule has 0 aliphatic heterocycles. The zero-order valence-corrected chi connectivity index (χ0v) is 16.0. The first-order valence-electron chi connectivity index (χ1n) is 9.17. The highest BCUT2D eigenvalue weighted by Gasteiger charge is 2.05. The number of nitrogens with zero attached hydrogens (tertiary/aromatic N) is 2. The van der Waals surface area contributed by atoms with E-state index in [1.165, 1.54) is 10.1 Å². The maximum atomic E-state index is 12.0. The highest BCUT2D eigenvalue weighted by atomic mass is 16.5. The quantitative estimate of drug-likeness (QED) is 0.696. The molecule has 2 aromatic carbocycles. The Morgan fingerprint density at radius 1 is 1.04 bits per heavy atom. The van der Waals surface area contributed by atoms with Crippen molar-refractivity contribution in [3.05, 3.63) is 76.2 Å². The number of nitrogens with one attached hydrogen (secondary N) is 1. The van der Waals surface area contributed by atoms with Crippen LogP contribution in [0.3, 0.4) is 0 Å². The van der Waals surface area contributed by atoms with Gasteiger partial charge in [-0.25, -0.2) is 4.98 Å². The van der Waals surface area contributed by atoms with Gasteiger partial charge < -0.3 is 10.1 Å². The van der Waals surface area contributed by atoms with Crippen LogP contribution in [-0.4, -0.2) is 23.2 Å². The Bertz CT molecular complexity index is 962. The molecular formula is C22H25N3O2. The van der Waals surface area contributed by atoms with Crippen LogP contribution in [0.4, 0.5) is 5.95 Å². The molecule has 1 aromatic heterocycles. The number of rotatable bonds is 7. The predicted molar refractivity (Wildman–Crippen MR) is 109 cm³/mol. The summed E-state index contributed by atoms with van der Waals surface area (Å²) in [4.78, 5) is 16.5. The summed E-state index contributed by atoms with van der Waals surface area (Å²) >= 11 is 0. The SMILES string of the molecule is CCOc1cccc(-c2ccc(CCc3cc(=O)n(C)c(NC)n3)cc2)c1. The molecule has 0 aliphatic rings. The van der Waals surface area contributed by atoms with Gasteiger partial charge in [0.05, 0.1) is 12.3 Å². The van der Waals surface area contributed by atoms with Crippen molar-refractivity contribution < 1.29 is 4.74 Å². The third kappa shape index (κ3) is 4.56. The zero-order valence-electron chi connectivity index (χ0n) is 16.0. The first-order valence-corrected chi connectivity index (χ1v) is 9.17. The van der Waals surface area contributed by atoms with Gasteiger partial charge in [-0.15, -0.1) is 0 Å².